The molecule has 0 spiro atoms. The maximum Gasteiger partial charge on any atom is 0.255 e. The molecule has 0 atom stereocenters. The number of amides is 1. The van der Waals surface area contributed by atoms with E-state index in [1.165, 1.54) is 0 Å². The fourth-order valence-electron chi connectivity index (χ4n) is 3.57. The maximum absolute atomic E-state index is 13.1. The summed E-state index contributed by atoms with van der Waals surface area (Å²) in [5.41, 5.74) is 3.80. The van der Waals surface area contributed by atoms with Crippen molar-refractivity contribution in [2.75, 3.05) is 31.1 Å². The highest BCUT2D eigenvalue weighted by molar-refractivity contribution is 9.10. The normalized spacial score (nSPS) is 13.8. The highest BCUT2D eigenvalue weighted by atomic mass is 79.9. The van der Waals surface area contributed by atoms with Gasteiger partial charge in [-0.3, -0.25) is 9.78 Å². The van der Waals surface area contributed by atoms with E-state index in [4.69, 9.17) is 5.26 Å². The van der Waals surface area contributed by atoms with Crippen LogP contribution in [0, 0.1) is 18.3 Å². The number of nitrogens with zero attached hydrogens (tertiary/aromatic N) is 5. The second-order valence-electron chi connectivity index (χ2n) is 7.13. The Morgan fingerprint density at radius 2 is 1.90 bits per heavy atom. The van der Waals surface area contributed by atoms with Gasteiger partial charge in [0.15, 0.2) is 0 Å². The van der Waals surface area contributed by atoms with E-state index in [1.807, 2.05) is 48.2 Å². The molecule has 1 aromatic carbocycles. The number of carbonyl (C=O) groups is 1. The van der Waals surface area contributed by atoms with E-state index in [9.17, 15) is 4.79 Å². The molecular weight excluding hydrogens is 442 g/mol. The first kappa shape index (κ1) is 20.0. The molecule has 7 heteroatoms. The van der Waals surface area contributed by atoms with E-state index < -0.39 is 0 Å². The van der Waals surface area contributed by atoms with Crippen LogP contribution in [0.15, 0.2) is 59.2 Å². The predicted molar refractivity (Wildman–Crippen MR) is 119 cm³/mol. The van der Waals surface area contributed by atoms with Crippen molar-refractivity contribution in [1.29, 1.82) is 5.26 Å². The minimum atomic E-state index is -0.000762. The van der Waals surface area contributed by atoms with Crippen LogP contribution in [0.3, 0.4) is 0 Å². The molecule has 0 bridgehead atoms. The van der Waals surface area contributed by atoms with Crippen LogP contribution >= 0.6 is 15.9 Å². The zero-order valence-corrected chi connectivity index (χ0v) is 18.1. The van der Waals surface area contributed by atoms with Crippen LogP contribution in [0.25, 0.3) is 11.3 Å². The molecule has 0 saturated carbocycles. The highest BCUT2D eigenvalue weighted by Crippen LogP contribution is 2.23. The molecule has 4 rings (SSSR count). The van der Waals surface area contributed by atoms with Gasteiger partial charge in [-0.25, -0.2) is 4.98 Å². The van der Waals surface area contributed by atoms with Crippen molar-refractivity contribution in [3.05, 3.63) is 76.0 Å². The van der Waals surface area contributed by atoms with Crippen LogP contribution in [0.4, 0.5) is 5.82 Å². The summed E-state index contributed by atoms with van der Waals surface area (Å²) in [4.78, 5) is 26.0. The number of aromatic nitrogens is 2. The molecule has 150 valence electrons. The van der Waals surface area contributed by atoms with E-state index in [0.29, 0.717) is 37.3 Å². The fraction of sp³-hybridized carbons (Fsp3) is 0.217. The van der Waals surface area contributed by atoms with Gasteiger partial charge in [0.25, 0.3) is 5.91 Å². The molecule has 1 aliphatic rings. The molecular formula is C23H20BrN5O. The number of benzene rings is 1. The first-order chi connectivity index (χ1) is 14.5. The molecule has 1 amide bonds. The second-order valence-corrected chi connectivity index (χ2v) is 8.05. The minimum Gasteiger partial charge on any atom is -0.353 e. The Kier molecular flexibility index (Phi) is 5.77. The summed E-state index contributed by atoms with van der Waals surface area (Å²) in [6.45, 7) is 4.43. The summed E-state index contributed by atoms with van der Waals surface area (Å²) in [5.74, 6) is 0.775. The first-order valence-electron chi connectivity index (χ1n) is 9.69. The van der Waals surface area contributed by atoms with E-state index in [0.717, 1.165) is 27.2 Å². The lowest BCUT2D eigenvalue weighted by Crippen LogP contribution is -2.49. The predicted octanol–water partition coefficient (Wildman–Crippen LogP) is 4.05. The van der Waals surface area contributed by atoms with Gasteiger partial charge in [0, 0.05) is 42.4 Å². The molecule has 1 aliphatic heterocycles. The third-order valence-electron chi connectivity index (χ3n) is 5.20. The Hall–Kier alpha value is -3.24. The van der Waals surface area contributed by atoms with Crippen LogP contribution in [0.5, 0.6) is 0 Å². The van der Waals surface area contributed by atoms with Gasteiger partial charge in [0.05, 0.1) is 28.6 Å². The number of hydrogen-bond donors (Lipinski definition) is 0. The average molecular weight is 462 g/mol. The van der Waals surface area contributed by atoms with E-state index >= 15 is 0 Å². The molecule has 0 radical (unpaired) electrons. The molecule has 0 N–H and O–H groups in total. The summed E-state index contributed by atoms with van der Waals surface area (Å²) in [6, 6.07) is 17.3. The van der Waals surface area contributed by atoms with E-state index in [-0.39, 0.29) is 5.91 Å². The Morgan fingerprint density at radius 1 is 1.10 bits per heavy atom. The van der Waals surface area contributed by atoms with Gasteiger partial charge < -0.3 is 9.80 Å². The van der Waals surface area contributed by atoms with Crippen LogP contribution < -0.4 is 4.90 Å². The number of piperazine rings is 1. The topological polar surface area (TPSA) is 73.1 Å². The quantitative estimate of drug-likeness (QED) is 0.588. The third kappa shape index (κ3) is 4.19. The maximum atomic E-state index is 13.1. The zero-order chi connectivity index (χ0) is 21.1. The van der Waals surface area contributed by atoms with Crippen LogP contribution in [-0.2, 0) is 0 Å². The van der Waals surface area contributed by atoms with Crippen LogP contribution in [0.2, 0.25) is 0 Å². The van der Waals surface area contributed by atoms with Gasteiger partial charge in [-0.15, -0.1) is 0 Å². The summed E-state index contributed by atoms with van der Waals surface area (Å²) < 4.78 is 0.993. The molecule has 3 aromatic rings. The second kappa shape index (κ2) is 8.64. The smallest absolute Gasteiger partial charge is 0.255 e. The Bertz CT molecular complexity index is 1130. The lowest BCUT2D eigenvalue weighted by Gasteiger charge is -2.35. The lowest BCUT2D eigenvalue weighted by atomic mass is 10.1. The van der Waals surface area contributed by atoms with Crippen molar-refractivity contribution in [2.24, 2.45) is 0 Å². The Morgan fingerprint density at radius 3 is 2.60 bits per heavy atom. The minimum absolute atomic E-state index is 0.000762. The van der Waals surface area contributed by atoms with Crippen molar-refractivity contribution < 1.29 is 4.79 Å². The summed E-state index contributed by atoms with van der Waals surface area (Å²) in [6.07, 6.45) is 1.65. The van der Waals surface area contributed by atoms with Crippen molar-refractivity contribution in [1.82, 2.24) is 14.9 Å². The number of anilines is 1. The van der Waals surface area contributed by atoms with Gasteiger partial charge in [0.1, 0.15) is 5.82 Å². The van der Waals surface area contributed by atoms with Gasteiger partial charge in [0.2, 0.25) is 0 Å². The number of nitriles is 1. The van der Waals surface area contributed by atoms with Crippen molar-refractivity contribution >= 4 is 27.7 Å². The van der Waals surface area contributed by atoms with Crippen LogP contribution in [-0.4, -0.2) is 47.0 Å². The molecule has 0 unspecified atom stereocenters. The number of halogens is 1. The van der Waals surface area contributed by atoms with Gasteiger partial charge in [-0.1, -0.05) is 28.1 Å². The first-order valence-corrected chi connectivity index (χ1v) is 10.5. The molecule has 6 nitrogen and oxygen atoms in total. The van der Waals surface area contributed by atoms with Crippen LogP contribution in [0.1, 0.15) is 21.6 Å². The summed E-state index contributed by atoms with van der Waals surface area (Å²) in [7, 11) is 0. The van der Waals surface area contributed by atoms with Crippen molar-refractivity contribution in [3.8, 4) is 17.3 Å². The SMILES string of the molecule is Cc1nc(-c2cccc(Br)c2)ccc1C(=O)N1CCN(c2cc(C#N)ccn2)CC1. The fourth-order valence-corrected chi connectivity index (χ4v) is 3.96. The van der Waals surface area contributed by atoms with Crippen molar-refractivity contribution in [2.45, 2.75) is 6.92 Å². The third-order valence-corrected chi connectivity index (χ3v) is 5.70. The summed E-state index contributed by atoms with van der Waals surface area (Å²) >= 11 is 3.48. The molecule has 30 heavy (non-hydrogen) atoms. The number of carbonyl (C=O) groups excluding carboxylic acids is 1. The van der Waals surface area contributed by atoms with Crippen molar-refractivity contribution in [3.63, 3.8) is 0 Å². The number of aryl methyl sites for hydroxylation is 1. The molecule has 2 aromatic heterocycles. The van der Waals surface area contributed by atoms with E-state index in [1.54, 1.807) is 18.3 Å². The van der Waals surface area contributed by atoms with Gasteiger partial charge in [-0.2, -0.15) is 5.26 Å². The zero-order valence-electron chi connectivity index (χ0n) is 16.5. The summed E-state index contributed by atoms with van der Waals surface area (Å²) in [5, 5.41) is 9.08. The molecule has 1 fully saturated rings. The molecule has 0 aliphatic carbocycles. The van der Waals surface area contributed by atoms with E-state index in [2.05, 4.69) is 36.9 Å². The standard InChI is InChI=1S/C23H20BrN5O/c1-16-20(5-6-21(27-16)18-3-2-4-19(24)14-18)23(30)29-11-9-28(10-12-29)22-13-17(15-25)7-8-26-22/h2-8,13-14H,9-12H2,1H3. The average Bonchev–Trinajstić information content (AvgIpc) is 2.79. The molecule has 3 heterocycles. The van der Waals surface area contributed by atoms with Gasteiger partial charge >= 0.3 is 0 Å². The monoisotopic (exact) mass is 461 g/mol. The Balaban J connectivity index is 1.46. The number of pyridine rings is 2. The highest BCUT2D eigenvalue weighted by Gasteiger charge is 2.24. The van der Waals surface area contributed by atoms with Gasteiger partial charge in [-0.05, 0) is 43.3 Å². The number of hydrogen-bond acceptors (Lipinski definition) is 5. The Labute approximate surface area is 183 Å². The molecule has 1 saturated heterocycles. The number of rotatable bonds is 3. The lowest BCUT2D eigenvalue weighted by molar-refractivity contribution is 0.0745. The largest absolute Gasteiger partial charge is 0.353 e.